The van der Waals surface area contributed by atoms with Gasteiger partial charge < -0.3 is 5.11 Å². The summed E-state index contributed by atoms with van der Waals surface area (Å²) < 4.78 is 1.46. The Bertz CT molecular complexity index is 765. The molecule has 20 heavy (non-hydrogen) atoms. The van der Waals surface area contributed by atoms with Gasteiger partial charge in [-0.05, 0) is 13.0 Å². The highest BCUT2D eigenvalue weighted by molar-refractivity contribution is 7.12. The fourth-order valence-electron chi connectivity index (χ4n) is 1.93. The van der Waals surface area contributed by atoms with Crippen LogP contribution < -0.4 is 0 Å². The van der Waals surface area contributed by atoms with Crippen LogP contribution >= 0.6 is 11.3 Å². The van der Waals surface area contributed by atoms with Crippen LogP contribution in [0.4, 0.5) is 0 Å². The number of thiazole rings is 1. The molecule has 0 bridgehead atoms. The maximum absolute atomic E-state index is 11.3. The monoisotopic (exact) mass is 286 g/mol. The SMILES string of the molecule is Cc1cccc(-c2c(C(=O)O)nnn2-c2nccs2)c1. The number of hydrogen-bond donors (Lipinski definition) is 1. The summed E-state index contributed by atoms with van der Waals surface area (Å²) in [5, 5.41) is 19.3. The average Bonchev–Trinajstić information content (AvgIpc) is 3.07. The highest BCUT2D eigenvalue weighted by Gasteiger charge is 2.22. The zero-order chi connectivity index (χ0) is 14.1. The van der Waals surface area contributed by atoms with E-state index in [0.717, 1.165) is 11.1 Å². The number of aryl methyl sites for hydroxylation is 1. The summed E-state index contributed by atoms with van der Waals surface area (Å²) in [5.74, 6) is -1.11. The van der Waals surface area contributed by atoms with E-state index in [9.17, 15) is 9.90 Å². The standard InChI is InChI=1S/C13H10N4O2S/c1-8-3-2-4-9(7-8)11-10(12(18)19)15-16-17(11)13-14-5-6-20-13/h2-7H,1H3,(H,18,19). The van der Waals surface area contributed by atoms with E-state index >= 15 is 0 Å². The van der Waals surface area contributed by atoms with Gasteiger partial charge in [0.15, 0.2) is 5.69 Å². The quantitative estimate of drug-likeness (QED) is 0.799. The maximum Gasteiger partial charge on any atom is 0.358 e. The van der Waals surface area contributed by atoms with Crippen LogP contribution in [0.2, 0.25) is 0 Å². The molecule has 0 aliphatic heterocycles. The topological polar surface area (TPSA) is 80.9 Å². The third-order valence-electron chi connectivity index (χ3n) is 2.76. The minimum atomic E-state index is -1.11. The molecule has 0 atom stereocenters. The zero-order valence-electron chi connectivity index (χ0n) is 10.5. The Morgan fingerprint density at radius 2 is 2.25 bits per heavy atom. The van der Waals surface area contributed by atoms with E-state index < -0.39 is 5.97 Å². The number of hydrogen-bond acceptors (Lipinski definition) is 5. The fraction of sp³-hybridized carbons (Fsp3) is 0.0769. The summed E-state index contributed by atoms with van der Waals surface area (Å²) in [4.78, 5) is 15.5. The molecule has 0 aliphatic rings. The second-order valence-electron chi connectivity index (χ2n) is 4.19. The third kappa shape index (κ3) is 2.08. The Morgan fingerprint density at radius 1 is 1.40 bits per heavy atom. The average molecular weight is 286 g/mol. The molecule has 0 saturated heterocycles. The van der Waals surface area contributed by atoms with E-state index in [1.165, 1.54) is 16.0 Å². The van der Waals surface area contributed by atoms with E-state index in [-0.39, 0.29) is 5.69 Å². The molecule has 0 fully saturated rings. The Kier molecular flexibility index (Phi) is 3.03. The number of benzene rings is 1. The van der Waals surface area contributed by atoms with Crippen molar-refractivity contribution in [1.29, 1.82) is 0 Å². The van der Waals surface area contributed by atoms with Crippen molar-refractivity contribution in [3.63, 3.8) is 0 Å². The first-order chi connectivity index (χ1) is 9.66. The first kappa shape index (κ1) is 12.5. The molecule has 1 N–H and O–H groups in total. The number of aromatic nitrogens is 4. The molecule has 0 aliphatic carbocycles. The van der Waals surface area contributed by atoms with Crippen LogP contribution in [0.3, 0.4) is 0 Å². The molecule has 0 amide bonds. The summed E-state index contributed by atoms with van der Waals surface area (Å²) >= 11 is 1.37. The largest absolute Gasteiger partial charge is 0.476 e. The van der Waals surface area contributed by atoms with Gasteiger partial charge in [-0.1, -0.05) is 29.0 Å². The van der Waals surface area contributed by atoms with Crippen molar-refractivity contribution in [2.24, 2.45) is 0 Å². The highest BCUT2D eigenvalue weighted by atomic mass is 32.1. The van der Waals surface area contributed by atoms with Gasteiger partial charge in [0.05, 0.1) is 0 Å². The Labute approximate surface area is 118 Å². The summed E-state index contributed by atoms with van der Waals surface area (Å²) in [7, 11) is 0. The van der Waals surface area contributed by atoms with Crippen molar-refractivity contribution >= 4 is 17.3 Å². The molecule has 1 aromatic carbocycles. The van der Waals surface area contributed by atoms with Crippen molar-refractivity contribution < 1.29 is 9.90 Å². The van der Waals surface area contributed by atoms with Gasteiger partial charge in [-0.15, -0.1) is 16.4 Å². The van der Waals surface area contributed by atoms with Gasteiger partial charge >= 0.3 is 5.97 Å². The molecule has 0 radical (unpaired) electrons. The first-order valence-electron chi connectivity index (χ1n) is 5.82. The zero-order valence-corrected chi connectivity index (χ0v) is 11.3. The van der Waals surface area contributed by atoms with Crippen LogP contribution in [0.15, 0.2) is 35.8 Å². The predicted octanol–water partition coefficient (Wildman–Crippen LogP) is 2.40. The summed E-state index contributed by atoms with van der Waals surface area (Å²) in [6, 6.07) is 7.55. The molecule has 2 heterocycles. The van der Waals surface area contributed by atoms with Crippen LogP contribution in [0.1, 0.15) is 16.1 Å². The number of aromatic carboxylic acids is 1. The van der Waals surface area contributed by atoms with Gasteiger partial charge in [0.2, 0.25) is 5.13 Å². The molecule has 0 unspecified atom stereocenters. The molecule has 3 rings (SSSR count). The van der Waals surface area contributed by atoms with Gasteiger partial charge in [0, 0.05) is 17.1 Å². The van der Waals surface area contributed by atoms with Crippen molar-refractivity contribution in [3.05, 3.63) is 47.1 Å². The molecule has 3 aromatic rings. The molecule has 100 valence electrons. The van der Waals surface area contributed by atoms with Crippen LogP contribution in [-0.2, 0) is 0 Å². The lowest BCUT2D eigenvalue weighted by molar-refractivity contribution is 0.0691. The lowest BCUT2D eigenvalue weighted by Gasteiger charge is -2.05. The van der Waals surface area contributed by atoms with Gasteiger partial charge in [-0.3, -0.25) is 0 Å². The van der Waals surface area contributed by atoms with Gasteiger partial charge in [0.25, 0.3) is 0 Å². The van der Waals surface area contributed by atoms with Crippen LogP contribution in [0.25, 0.3) is 16.4 Å². The smallest absolute Gasteiger partial charge is 0.358 e. The van der Waals surface area contributed by atoms with E-state index in [1.54, 1.807) is 11.6 Å². The maximum atomic E-state index is 11.3. The second kappa shape index (κ2) is 4.86. The molecule has 0 spiro atoms. The second-order valence-corrected chi connectivity index (χ2v) is 5.06. The summed E-state index contributed by atoms with van der Waals surface area (Å²) in [5.41, 5.74) is 2.15. The van der Waals surface area contributed by atoms with Gasteiger partial charge in [-0.2, -0.15) is 4.68 Å². The first-order valence-corrected chi connectivity index (χ1v) is 6.70. The highest BCUT2D eigenvalue weighted by Crippen LogP contribution is 2.26. The Morgan fingerprint density at radius 3 is 2.90 bits per heavy atom. The predicted molar refractivity (Wildman–Crippen MR) is 74.2 cm³/mol. The molecular formula is C13H10N4O2S. The fourth-order valence-corrected chi connectivity index (χ4v) is 2.52. The van der Waals surface area contributed by atoms with Crippen LogP contribution in [0.5, 0.6) is 0 Å². The molecule has 7 heteroatoms. The summed E-state index contributed by atoms with van der Waals surface area (Å²) in [6.07, 6.45) is 1.64. The molecular weight excluding hydrogens is 276 g/mol. The van der Waals surface area contributed by atoms with Gasteiger partial charge in [0.1, 0.15) is 5.69 Å². The minimum absolute atomic E-state index is 0.0780. The third-order valence-corrected chi connectivity index (χ3v) is 3.51. The lowest BCUT2D eigenvalue weighted by atomic mass is 10.1. The Balaban J connectivity index is 2.26. The van der Waals surface area contributed by atoms with Crippen molar-refractivity contribution in [3.8, 4) is 16.4 Å². The van der Waals surface area contributed by atoms with E-state index in [2.05, 4.69) is 15.3 Å². The van der Waals surface area contributed by atoms with E-state index in [0.29, 0.717) is 10.8 Å². The van der Waals surface area contributed by atoms with Crippen molar-refractivity contribution in [2.45, 2.75) is 6.92 Å². The number of carbonyl (C=O) groups is 1. The lowest BCUT2D eigenvalue weighted by Crippen LogP contribution is -2.03. The summed E-state index contributed by atoms with van der Waals surface area (Å²) in [6.45, 7) is 1.95. The molecule has 2 aromatic heterocycles. The van der Waals surface area contributed by atoms with Crippen LogP contribution in [-0.4, -0.2) is 31.1 Å². The number of nitrogens with zero attached hydrogens (tertiary/aromatic N) is 4. The molecule has 0 saturated carbocycles. The molecule has 6 nitrogen and oxygen atoms in total. The van der Waals surface area contributed by atoms with Crippen LogP contribution in [0, 0.1) is 6.92 Å². The van der Waals surface area contributed by atoms with Crippen molar-refractivity contribution in [1.82, 2.24) is 20.0 Å². The number of carboxylic acids is 1. The Hall–Kier alpha value is -2.54. The van der Waals surface area contributed by atoms with Gasteiger partial charge in [-0.25, -0.2) is 9.78 Å². The van der Waals surface area contributed by atoms with E-state index in [4.69, 9.17) is 0 Å². The number of rotatable bonds is 3. The van der Waals surface area contributed by atoms with E-state index in [1.807, 2.05) is 31.2 Å². The van der Waals surface area contributed by atoms with Crippen molar-refractivity contribution in [2.75, 3.05) is 0 Å². The number of carboxylic acid groups (broad SMARTS) is 1. The normalized spacial score (nSPS) is 10.7. The minimum Gasteiger partial charge on any atom is -0.476 e.